The van der Waals surface area contributed by atoms with Gasteiger partial charge in [-0.1, -0.05) is 13.8 Å². The Kier molecular flexibility index (Phi) is 12.3. The Morgan fingerprint density at radius 2 is 1.07 bits per heavy atom. The van der Waals surface area contributed by atoms with E-state index in [9.17, 15) is 44.1 Å². The molecule has 3 aromatic heterocycles. The number of unbranched alkanes of at least 4 members (excludes halogenated alkanes) is 1. The molecule has 0 aromatic carbocycles. The van der Waals surface area contributed by atoms with E-state index in [-0.39, 0.29) is 56.7 Å². The summed E-state index contributed by atoms with van der Waals surface area (Å²) in [5.41, 5.74) is -1.74. The first-order valence-electron chi connectivity index (χ1n) is 15.0. The SMILES string of the molecule is CCC(=O)N(CCCCN(CCCN(C(=O)CC)n1ccc(=O)c(O)c1)C(=O)C(C)n1ccc(=O)c(O)c1)n1ccc(=O)c(O)c1. The standard InChI is InChI=1S/C31H40N6O9/c1-4-29(44)36(34-17-10-24(39)27(42)20-34)14-7-6-12-32(31(46)22(3)33-16-9-23(38)26(41)19-33)13-8-15-37(30(45)5-2)35-18-11-25(40)28(43)21-35/h9-11,16-22,41-43H,4-8,12-15H2,1-3H3. The van der Waals surface area contributed by atoms with E-state index in [1.807, 2.05) is 0 Å². The van der Waals surface area contributed by atoms with E-state index in [0.29, 0.717) is 19.3 Å². The minimum absolute atomic E-state index is 0.153. The van der Waals surface area contributed by atoms with Gasteiger partial charge in [0.25, 0.3) is 0 Å². The molecule has 46 heavy (non-hydrogen) atoms. The predicted octanol–water partition coefficient (Wildman–Crippen LogP) is 0.998. The quantitative estimate of drug-likeness (QED) is 0.204. The largest absolute Gasteiger partial charge is 0.503 e. The molecule has 0 spiro atoms. The average molecular weight is 641 g/mol. The van der Waals surface area contributed by atoms with Crippen LogP contribution in [0, 0.1) is 0 Å². The lowest BCUT2D eigenvalue weighted by Gasteiger charge is -2.30. The molecule has 0 bridgehead atoms. The van der Waals surface area contributed by atoms with Gasteiger partial charge in [-0.3, -0.25) is 48.1 Å². The Morgan fingerprint density at radius 3 is 1.52 bits per heavy atom. The number of carbonyl (C=O) groups excluding carboxylic acids is 3. The molecule has 3 aromatic rings. The van der Waals surface area contributed by atoms with Crippen molar-refractivity contribution in [3.8, 4) is 17.2 Å². The summed E-state index contributed by atoms with van der Waals surface area (Å²) in [5.74, 6) is -2.34. The maximum atomic E-state index is 13.7. The van der Waals surface area contributed by atoms with Crippen molar-refractivity contribution >= 4 is 17.7 Å². The summed E-state index contributed by atoms with van der Waals surface area (Å²) in [5, 5.41) is 32.4. The van der Waals surface area contributed by atoms with Crippen LogP contribution in [0.2, 0.25) is 0 Å². The minimum atomic E-state index is -0.793. The van der Waals surface area contributed by atoms with Crippen molar-refractivity contribution in [2.45, 2.75) is 58.9 Å². The third-order valence-corrected chi connectivity index (χ3v) is 7.39. The summed E-state index contributed by atoms with van der Waals surface area (Å²) in [4.78, 5) is 75.7. The molecule has 0 fully saturated rings. The van der Waals surface area contributed by atoms with Gasteiger partial charge in [0.05, 0.1) is 18.6 Å². The highest BCUT2D eigenvalue weighted by atomic mass is 16.3. The molecular weight excluding hydrogens is 600 g/mol. The van der Waals surface area contributed by atoms with Crippen LogP contribution in [0.3, 0.4) is 0 Å². The lowest BCUT2D eigenvalue weighted by atomic mass is 10.2. The Labute approximate surface area is 264 Å². The summed E-state index contributed by atoms with van der Waals surface area (Å²) in [6.45, 7) is 5.85. The highest BCUT2D eigenvalue weighted by Crippen LogP contribution is 2.14. The van der Waals surface area contributed by atoms with E-state index in [0.717, 1.165) is 24.4 Å². The molecule has 0 saturated heterocycles. The van der Waals surface area contributed by atoms with Crippen molar-refractivity contribution in [2.75, 3.05) is 36.2 Å². The fourth-order valence-corrected chi connectivity index (χ4v) is 4.75. The van der Waals surface area contributed by atoms with E-state index in [4.69, 9.17) is 0 Å². The van der Waals surface area contributed by atoms with Gasteiger partial charge in [0, 0.05) is 75.8 Å². The second-order valence-electron chi connectivity index (χ2n) is 10.6. The molecule has 3 N–H and O–H groups in total. The van der Waals surface area contributed by atoms with Gasteiger partial charge in [-0.15, -0.1) is 0 Å². The van der Waals surface area contributed by atoms with Gasteiger partial charge in [0.1, 0.15) is 6.04 Å². The molecule has 0 saturated carbocycles. The summed E-state index contributed by atoms with van der Waals surface area (Å²) in [6, 6.07) is 2.66. The first-order valence-corrected chi connectivity index (χ1v) is 15.0. The van der Waals surface area contributed by atoms with E-state index >= 15 is 0 Å². The van der Waals surface area contributed by atoms with Crippen LogP contribution in [0.1, 0.15) is 58.9 Å². The number of pyridine rings is 3. The zero-order valence-corrected chi connectivity index (χ0v) is 26.1. The molecule has 1 unspecified atom stereocenters. The highest BCUT2D eigenvalue weighted by molar-refractivity contribution is 5.86. The molecule has 0 aliphatic heterocycles. The second-order valence-corrected chi connectivity index (χ2v) is 10.6. The van der Waals surface area contributed by atoms with Crippen LogP contribution in [-0.4, -0.2) is 78.0 Å². The first-order chi connectivity index (χ1) is 21.9. The predicted molar refractivity (Wildman–Crippen MR) is 169 cm³/mol. The minimum Gasteiger partial charge on any atom is -0.503 e. The molecule has 248 valence electrons. The van der Waals surface area contributed by atoms with Crippen molar-refractivity contribution < 1.29 is 29.7 Å². The number of rotatable bonds is 15. The number of hydrogen-bond acceptors (Lipinski definition) is 9. The topological polar surface area (TPSA) is 188 Å². The number of nitrogens with zero attached hydrogens (tertiary/aromatic N) is 6. The monoisotopic (exact) mass is 640 g/mol. The van der Waals surface area contributed by atoms with Crippen LogP contribution in [0.4, 0.5) is 0 Å². The third kappa shape index (κ3) is 8.86. The van der Waals surface area contributed by atoms with E-state index in [1.54, 1.807) is 25.7 Å². The third-order valence-electron chi connectivity index (χ3n) is 7.39. The highest BCUT2D eigenvalue weighted by Gasteiger charge is 2.23. The summed E-state index contributed by atoms with van der Waals surface area (Å²) in [7, 11) is 0. The first kappa shape index (κ1) is 35.1. The van der Waals surface area contributed by atoms with E-state index < -0.39 is 39.6 Å². The lowest BCUT2D eigenvalue weighted by Crippen LogP contribution is -2.44. The van der Waals surface area contributed by atoms with Gasteiger partial charge >= 0.3 is 0 Å². The summed E-state index contributed by atoms with van der Waals surface area (Å²) in [6.07, 6.45) is 9.23. The molecule has 1 atom stereocenters. The van der Waals surface area contributed by atoms with Gasteiger partial charge in [0.2, 0.25) is 34.0 Å². The van der Waals surface area contributed by atoms with Crippen molar-refractivity contribution in [3.63, 3.8) is 0 Å². The Bertz CT molecular complexity index is 1710. The van der Waals surface area contributed by atoms with Crippen molar-refractivity contribution in [1.29, 1.82) is 0 Å². The molecular formula is C31H40N6O9. The lowest BCUT2D eigenvalue weighted by molar-refractivity contribution is -0.134. The molecule has 3 amide bonds. The normalized spacial score (nSPS) is 11.5. The molecule has 0 aliphatic carbocycles. The van der Waals surface area contributed by atoms with Gasteiger partial charge in [0.15, 0.2) is 17.2 Å². The Hall–Kier alpha value is -5.34. The number of aromatic nitrogens is 3. The number of aromatic hydroxyl groups is 3. The van der Waals surface area contributed by atoms with Crippen LogP contribution >= 0.6 is 0 Å². The van der Waals surface area contributed by atoms with E-state index in [1.165, 1.54) is 54.9 Å². The summed E-state index contributed by atoms with van der Waals surface area (Å²) >= 11 is 0. The maximum absolute atomic E-state index is 13.7. The van der Waals surface area contributed by atoms with Crippen LogP contribution in [0.25, 0.3) is 0 Å². The van der Waals surface area contributed by atoms with Gasteiger partial charge in [-0.2, -0.15) is 0 Å². The molecule has 0 aliphatic rings. The van der Waals surface area contributed by atoms with Crippen LogP contribution in [-0.2, 0) is 14.4 Å². The molecule has 15 nitrogen and oxygen atoms in total. The number of carbonyl (C=O) groups is 3. The zero-order chi connectivity index (χ0) is 34.0. The van der Waals surface area contributed by atoms with Gasteiger partial charge in [-0.05, 0) is 26.2 Å². The molecule has 3 rings (SSSR count). The van der Waals surface area contributed by atoms with Gasteiger partial charge in [-0.25, -0.2) is 0 Å². The van der Waals surface area contributed by atoms with Crippen LogP contribution in [0.5, 0.6) is 17.2 Å². The van der Waals surface area contributed by atoms with Crippen molar-refractivity contribution in [2.24, 2.45) is 0 Å². The smallest absolute Gasteiger partial charge is 0.245 e. The van der Waals surface area contributed by atoms with Gasteiger partial charge < -0.3 is 24.8 Å². The van der Waals surface area contributed by atoms with E-state index in [2.05, 4.69) is 0 Å². The molecule has 0 radical (unpaired) electrons. The van der Waals surface area contributed by atoms with Crippen molar-refractivity contribution in [1.82, 2.24) is 18.8 Å². The Morgan fingerprint density at radius 1 is 0.652 bits per heavy atom. The number of hydrogen-bond donors (Lipinski definition) is 3. The fraction of sp³-hybridized carbons (Fsp3) is 0.419. The molecule has 3 heterocycles. The average Bonchev–Trinajstić information content (AvgIpc) is 3.04. The Balaban J connectivity index is 1.77. The zero-order valence-electron chi connectivity index (χ0n) is 26.1. The fourth-order valence-electron chi connectivity index (χ4n) is 4.75. The van der Waals surface area contributed by atoms with Crippen LogP contribution < -0.4 is 26.3 Å². The van der Waals surface area contributed by atoms with Crippen molar-refractivity contribution in [3.05, 3.63) is 86.1 Å². The van der Waals surface area contributed by atoms with Crippen LogP contribution in [0.15, 0.2) is 69.8 Å². The maximum Gasteiger partial charge on any atom is 0.245 e. The second kappa shape index (κ2) is 16.1. The number of amides is 3. The molecule has 15 heteroatoms. The summed E-state index contributed by atoms with van der Waals surface area (Å²) < 4.78 is 4.10.